The van der Waals surface area contributed by atoms with Gasteiger partial charge in [-0.25, -0.2) is 4.79 Å². The number of nitrogens with one attached hydrogen (secondary N) is 1. The molecule has 0 aliphatic rings. The molecule has 0 fully saturated rings. The standard InChI is InChI=1S/C22H21N3O3/c1-15(25-22(27)28-14-16-5-3-2-4-6-16)18-7-8-19(21(23)26)20(13-18)17-9-11-24-12-10-17/h2-13,15H,14H2,1H3,(H2,23,26)(H,25,27). The van der Waals surface area contributed by atoms with Crippen LogP contribution < -0.4 is 11.1 Å². The zero-order valence-corrected chi connectivity index (χ0v) is 15.5. The fourth-order valence-electron chi connectivity index (χ4n) is 2.84. The fourth-order valence-corrected chi connectivity index (χ4v) is 2.84. The van der Waals surface area contributed by atoms with E-state index >= 15 is 0 Å². The van der Waals surface area contributed by atoms with Crippen molar-refractivity contribution in [3.8, 4) is 11.1 Å². The number of benzene rings is 2. The van der Waals surface area contributed by atoms with Gasteiger partial charge in [-0.3, -0.25) is 9.78 Å². The Bertz CT molecular complexity index is 959. The molecular formula is C22H21N3O3. The number of nitrogens with two attached hydrogens (primary N) is 1. The summed E-state index contributed by atoms with van der Waals surface area (Å²) in [6, 6.07) is 18.0. The highest BCUT2D eigenvalue weighted by Crippen LogP contribution is 2.27. The molecule has 0 saturated heterocycles. The van der Waals surface area contributed by atoms with Crippen LogP contribution in [-0.2, 0) is 11.3 Å². The van der Waals surface area contributed by atoms with Crippen molar-refractivity contribution in [2.45, 2.75) is 19.6 Å². The lowest BCUT2D eigenvalue weighted by molar-refractivity contribution is 0.100. The van der Waals surface area contributed by atoms with E-state index in [0.29, 0.717) is 11.1 Å². The zero-order chi connectivity index (χ0) is 19.9. The van der Waals surface area contributed by atoms with Crippen molar-refractivity contribution in [1.29, 1.82) is 0 Å². The number of carbonyl (C=O) groups is 2. The minimum Gasteiger partial charge on any atom is -0.445 e. The maximum absolute atomic E-state index is 12.1. The second-order valence-electron chi connectivity index (χ2n) is 6.33. The summed E-state index contributed by atoms with van der Waals surface area (Å²) in [5, 5.41) is 2.80. The molecule has 3 N–H and O–H groups in total. The van der Waals surface area contributed by atoms with E-state index in [9.17, 15) is 9.59 Å². The van der Waals surface area contributed by atoms with E-state index in [2.05, 4.69) is 10.3 Å². The molecule has 0 bridgehead atoms. The molecule has 142 valence electrons. The molecule has 3 aromatic rings. The molecule has 1 unspecified atom stereocenters. The largest absolute Gasteiger partial charge is 0.445 e. The van der Waals surface area contributed by atoms with E-state index in [1.54, 1.807) is 36.7 Å². The Morgan fingerprint density at radius 1 is 1.07 bits per heavy atom. The van der Waals surface area contributed by atoms with Gasteiger partial charge in [0.25, 0.3) is 0 Å². The molecule has 0 saturated carbocycles. The van der Waals surface area contributed by atoms with Gasteiger partial charge in [0.1, 0.15) is 6.61 Å². The quantitative estimate of drug-likeness (QED) is 0.684. The van der Waals surface area contributed by atoms with Gasteiger partial charge < -0.3 is 15.8 Å². The molecular weight excluding hydrogens is 354 g/mol. The Kier molecular flexibility index (Phi) is 6.01. The normalized spacial score (nSPS) is 11.5. The average Bonchev–Trinajstić information content (AvgIpc) is 2.73. The van der Waals surface area contributed by atoms with Crippen molar-refractivity contribution in [3.63, 3.8) is 0 Å². The van der Waals surface area contributed by atoms with Gasteiger partial charge in [-0.15, -0.1) is 0 Å². The summed E-state index contributed by atoms with van der Waals surface area (Å²) in [5.41, 5.74) is 9.18. The van der Waals surface area contributed by atoms with Crippen molar-refractivity contribution in [3.05, 3.63) is 89.7 Å². The van der Waals surface area contributed by atoms with E-state index in [-0.39, 0.29) is 12.6 Å². The van der Waals surface area contributed by atoms with Gasteiger partial charge in [-0.1, -0.05) is 36.4 Å². The highest BCUT2D eigenvalue weighted by atomic mass is 16.5. The summed E-state index contributed by atoms with van der Waals surface area (Å²) in [4.78, 5) is 27.9. The predicted octanol–water partition coefficient (Wildman–Crippen LogP) is 3.83. The number of carbonyl (C=O) groups excluding carboxylic acids is 2. The van der Waals surface area contributed by atoms with Gasteiger partial charge in [0.2, 0.25) is 5.91 Å². The molecule has 0 aliphatic heterocycles. The number of ether oxygens (including phenoxy) is 1. The van der Waals surface area contributed by atoms with Crippen molar-refractivity contribution in [1.82, 2.24) is 10.3 Å². The molecule has 6 nitrogen and oxygen atoms in total. The highest BCUT2D eigenvalue weighted by molar-refractivity contribution is 6.00. The molecule has 1 heterocycles. The van der Waals surface area contributed by atoms with Gasteiger partial charge in [0.05, 0.1) is 6.04 Å². The molecule has 1 aromatic heterocycles. The first-order chi connectivity index (χ1) is 13.5. The van der Waals surface area contributed by atoms with Crippen LogP contribution in [0, 0.1) is 0 Å². The third kappa shape index (κ3) is 4.73. The summed E-state index contributed by atoms with van der Waals surface area (Å²) in [6.07, 6.45) is 2.78. The molecule has 0 radical (unpaired) electrons. The Morgan fingerprint density at radius 2 is 1.79 bits per heavy atom. The third-order valence-corrected chi connectivity index (χ3v) is 4.35. The molecule has 28 heavy (non-hydrogen) atoms. The topological polar surface area (TPSA) is 94.3 Å². The van der Waals surface area contributed by atoms with Crippen LogP contribution in [0.25, 0.3) is 11.1 Å². The van der Waals surface area contributed by atoms with Crippen molar-refractivity contribution < 1.29 is 14.3 Å². The van der Waals surface area contributed by atoms with Crippen LogP contribution in [0.4, 0.5) is 4.79 Å². The van der Waals surface area contributed by atoms with E-state index in [1.807, 2.05) is 43.3 Å². The summed E-state index contributed by atoms with van der Waals surface area (Å²) >= 11 is 0. The minimum atomic E-state index is -0.513. The van der Waals surface area contributed by atoms with Crippen LogP contribution in [0.2, 0.25) is 0 Å². The minimum absolute atomic E-state index is 0.197. The van der Waals surface area contributed by atoms with Gasteiger partial charge >= 0.3 is 6.09 Å². The van der Waals surface area contributed by atoms with Crippen molar-refractivity contribution in [2.75, 3.05) is 0 Å². The molecule has 2 amide bonds. The lowest BCUT2D eigenvalue weighted by atomic mass is 9.95. The smallest absolute Gasteiger partial charge is 0.407 e. The number of hydrogen-bond acceptors (Lipinski definition) is 4. The second kappa shape index (κ2) is 8.81. The van der Waals surface area contributed by atoms with Crippen LogP contribution in [0.15, 0.2) is 73.1 Å². The van der Waals surface area contributed by atoms with Gasteiger partial charge in [-0.2, -0.15) is 0 Å². The summed E-state index contributed by atoms with van der Waals surface area (Å²) in [6.45, 7) is 2.04. The first-order valence-corrected chi connectivity index (χ1v) is 8.86. The number of nitrogens with zero attached hydrogens (tertiary/aromatic N) is 1. The van der Waals surface area contributed by atoms with Crippen LogP contribution >= 0.6 is 0 Å². The fraction of sp³-hybridized carbons (Fsp3) is 0.136. The SMILES string of the molecule is CC(NC(=O)OCc1ccccc1)c1ccc(C(N)=O)c(-c2ccncc2)c1. The Labute approximate surface area is 163 Å². The van der Waals surface area contributed by atoms with Crippen molar-refractivity contribution >= 4 is 12.0 Å². The molecule has 0 spiro atoms. The maximum atomic E-state index is 12.1. The number of rotatable bonds is 6. The van der Waals surface area contributed by atoms with E-state index in [0.717, 1.165) is 16.7 Å². The van der Waals surface area contributed by atoms with E-state index in [4.69, 9.17) is 10.5 Å². The maximum Gasteiger partial charge on any atom is 0.407 e. The highest BCUT2D eigenvalue weighted by Gasteiger charge is 2.16. The Hall–Kier alpha value is -3.67. The molecule has 1 atom stereocenters. The number of pyridine rings is 1. The van der Waals surface area contributed by atoms with E-state index < -0.39 is 12.0 Å². The predicted molar refractivity (Wildman–Crippen MR) is 106 cm³/mol. The van der Waals surface area contributed by atoms with Crippen molar-refractivity contribution in [2.24, 2.45) is 5.73 Å². The molecule has 0 aliphatic carbocycles. The molecule has 3 rings (SSSR count). The second-order valence-corrected chi connectivity index (χ2v) is 6.33. The van der Waals surface area contributed by atoms with Crippen LogP contribution in [0.1, 0.15) is 34.5 Å². The lowest BCUT2D eigenvalue weighted by Gasteiger charge is -2.17. The number of hydrogen-bond donors (Lipinski definition) is 2. The van der Waals surface area contributed by atoms with Crippen LogP contribution in [0.3, 0.4) is 0 Å². The van der Waals surface area contributed by atoms with Gasteiger partial charge in [-0.05, 0) is 53.4 Å². The number of amides is 2. The van der Waals surface area contributed by atoms with Gasteiger partial charge in [0, 0.05) is 18.0 Å². The van der Waals surface area contributed by atoms with Gasteiger partial charge in [0.15, 0.2) is 0 Å². The number of aromatic nitrogens is 1. The summed E-state index contributed by atoms with van der Waals surface area (Å²) in [7, 11) is 0. The first-order valence-electron chi connectivity index (χ1n) is 8.86. The zero-order valence-electron chi connectivity index (χ0n) is 15.5. The lowest BCUT2D eigenvalue weighted by Crippen LogP contribution is -2.27. The molecule has 6 heteroatoms. The number of primary amides is 1. The van der Waals surface area contributed by atoms with Crippen LogP contribution in [-0.4, -0.2) is 17.0 Å². The third-order valence-electron chi connectivity index (χ3n) is 4.35. The van der Waals surface area contributed by atoms with E-state index in [1.165, 1.54) is 0 Å². The Balaban J connectivity index is 1.73. The number of alkyl carbamates (subject to hydrolysis) is 1. The summed E-state index contributed by atoms with van der Waals surface area (Å²) in [5.74, 6) is -0.513. The first kappa shape index (κ1) is 19.1. The van der Waals surface area contributed by atoms with Crippen LogP contribution in [0.5, 0.6) is 0 Å². The Morgan fingerprint density at radius 3 is 2.46 bits per heavy atom. The summed E-state index contributed by atoms with van der Waals surface area (Å²) < 4.78 is 5.26. The molecule has 2 aromatic carbocycles. The average molecular weight is 375 g/mol. The monoisotopic (exact) mass is 375 g/mol.